The van der Waals surface area contributed by atoms with Crippen molar-refractivity contribution in [3.63, 3.8) is 0 Å². The average molecular weight is 460 g/mol. The Hall–Kier alpha value is -3.04. The van der Waals surface area contributed by atoms with E-state index in [1.807, 2.05) is 35.8 Å². The molecule has 0 aliphatic carbocycles. The molecular weight excluding hydrogens is 438 g/mol. The molecule has 8 nitrogen and oxygen atoms in total. The quantitative estimate of drug-likeness (QED) is 0.355. The lowest BCUT2D eigenvalue weighted by Gasteiger charge is -2.16. The van der Waals surface area contributed by atoms with Gasteiger partial charge < -0.3 is 14.8 Å². The molecule has 1 amide bonds. The van der Waals surface area contributed by atoms with Crippen LogP contribution in [0.1, 0.15) is 18.9 Å². The summed E-state index contributed by atoms with van der Waals surface area (Å²) in [6.07, 6.45) is 2.86. The highest BCUT2D eigenvalue weighted by atomic mass is 35.5. The number of ether oxygens (including phenoxy) is 2. The molecule has 0 radical (unpaired) electrons. The molecule has 2 heterocycles. The van der Waals surface area contributed by atoms with E-state index in [0.717, 1.165) is 5.75 Å². The van der Waals surface area contributed by atoms with E-state index in [1.54, 1.807) is 25.3 Å². The average Bonchev–Trinajstić information content (AvgIpc) is 3.17. The summed E-state index contributed by atoms with van der Waals surface area (Å²) >= 11 is 7.08. The summed E-state index contributed by atoms with van der Waals surface area (Å²) in [6.45, 7) is 6.18. The number of hydrogen-bond donors (Lipinski definition) is 1. The van der Waals surface area contributed by atoms with Crippen LogP contribution in [0.5, 0.6) is 11.5 Å². The summed E-state index contributed by atoms with van der Waals surface area (Å²) in [4.78, 5) is 16.3. The Kier molecular flexibility index (Phi) is 7.91. The van der Waals surface area contributed by atoms with Gasteiger partial charge in [0.15, 0.2) is 17.1 Å². The Bertz CT molecular complexity index is 1020. The molecule has 0 saturated carbocycles. The SMILES string of the molecule is C=CCn1c(SCC(=O)Nc2ccc(Cl)cn2)nnc1C(C)Oc1ccc(OC)cc1. The number of nitrogens with zero attached hydrogens (tertiary/aromatic N) is 4. The van der Waals surface area contributed by atoms with E-state index in [-0.39, 0.29) is 17.8 Å². The fourth-order valence-electron chi connectivity index (χ4n) is 2.68. The van der Waals surface area contributed by atoms with E-state index >= 15 is 0 Å². The van der Waals surface area contributed by atoms with Crippen molar-refractivity contribution in [3.8, 4) is 11.5 Å². The first-order valence-electron chi connectivity index (χ1n) is 9.39. The van der Waals surface area contributed by atoms with Crippen molar-refractivity contribution >= 4 is 35.1 Å². The molecule has 31 heavy (non-hydrogen) atoms. The Balaban J connectivity index is 1.65. The molecule has 10 heteroatoms. The van der Waals surface area contributed by atoms with Crippen molar-refractivity contribution in [2.45, 2.75) is 24.7 Å². The number of allylic oxidation sites excluding steroid dienone is 1. The van der Waals surface area contributed by atoms with Crippen LogP contribution in [-0.4, -0.2) is 38.5 Å². The van der Waals surface area contributed by atoms with Gasteiger partial charge in [-0.3, -0.25) is 9.36 Å². The summed E-state index contributed by atoms with van der Waals surface area (Å²) in [5.74, 6) is 2.44. The first-order valence-corrected chi connectivity index (χ1v) is 10.8. The highest BCUT2D eigenvalue weighted by Crippen LogP contribution is 2.26. The summed E-state index contributed by atoms with van der Waals surface area (Å²) < 4.78 is 13.0. The number of carbonyl (C=O) groups is 1. The highest BCUT2D eigenvalue weighted by Gasteiger charge is 2.20. The number of thioether (sulfide) groups is 1. The predicted molar refractivity (Wildman–Crippen MR) is 121 cm³/mol. The summed E-state index contributed by atoms with van der Waals surface area (Å²) in [7, 11) is 1.61. The minimum Gasteiger partial charge on any atom is -0.497 e. The molecular formula is C21H22ClN5O3S. The number of carbonyl (C=O) groups excluding carboxylic acids is 1. The predicted octanol–water partition coefficient (Wildman–Crippen LogP) is 4.39. The first kappa shape index (κ1) is 22.6. The van der Waals surface area contributed by atoms with Gasteiger partial charge in [0.1, 0.15) is 17.3 Å². The molecule has 162 valence electrons. The Labute approximate surface area is 189 Å². The summed E-state index contributed by atoms with van der Waals surface area (Å²) in [5, 5.41) is 12.3. The van der Waals surface area contributed by atoms with Crippen molar-refractivity contribution in [2.24, 2.45) is 0 Å². The summed E-state index contributed by atoms with van der Waals surface area (Å²) in [5.41, 5.74) is 0. The van der Waals surface area contributed by atoms with Gasteiger partial charge >= 0.3 is 0 Å². The van der Waals surface area contributed by atoms with Crippen molar-refractivity contribution in [1.82, 2.24) is 19.7 Å². The van der Waals surface area contributed by atoms with Crippen LogP contribution in [0.2, 0.25) is 5.02 Å². The standard InChI is InChI=1S/C21H22ClN5O3S/c1-4-11-27-20(14(2)30-17-8-6-16(29-3)7-9-17)25-26-21(27)31-13-19(28)24-18-10-5-15(22)12-23-18/h4-10,12,14H,1,11,13H2,2-3H3,(H,23,24,28). The van der Waals surface area contributed by atoms with Crippen molar-refractivity contribution in [2.75, 3.05) is 18.2 Å². The molecule has 1 aromatic carbocycles. The van der Waals surface area contributed by atoms with Gasteiger partial charge in [-0.15, -0.1) is 16.8 Å². The number of methoxy groups -OCH3 is 1. The molecule has 0 spiro atoms. The van der Waals surface area contributed by atoms with Crippen molar-refractivity contribution < 1.29 is 14.3 Å². The number of anilines is 1. The van der Waals surface area contributed by atoms with Crippen molar-refractivity contribution in [3.05, 3.63) is 66.1 Å². The van der Waals surface area contributed by atoms with Gasteiger partial charge in [0.05, 0.1) is 17.9 Å². The van der Waals surface area contributed by atoms with Crippen LogP contribution in [0.15, 0.2) is 60.4 Å². The Morgan fingerprint density at radius 1 is 1.26 bits per heavy atom. The number of hydrogen-bond acceptors (Lipinski definition) is 7. The van der Waals surface area contributed by atoms with E-state index in [9.17, 15) is 4.79 Å². The lowest BCUT2D eigenvalue weighted by atomic mass is 10.3. The van der Waals surface area contributed by atoms with E-state index in [1.165, 1.54) is 18.0 Å². The number of rotatable bonds is 10. The van der Waals surface area contributed by atoms with Gasteiger partial charge in [-0.25, -0.2) is 4.98 Å². The second-order valence-corrected chi connectivity index (χ2v) is 7.75. The minimum atomic E-state index is -0.359. The van der Waals surface area contributed by atoms with Crippen molar-refractivity contribution in [1.29, 1.82) is 0 Å². The molecule has 0 bridgehead atoms. The minimum absolute atomic E-state index is 0.146. The van der Waals surface area contributed by atoms with Gasteiger partial charge in [0.2, 0.25) is 5.91 Å². The third-order valence-electron chi connectivity index (χ3n) is 4.12. The van der Waals surface area contributed by atoms with E-state index in [2.05, 4.69) is 27.1 Å². The monoisotopic (exact) mass is 459 g/mol. The molecule has 0 fully saturated rings. The highest BCUT2D eigenvalue weighted by molar-refractivity contribution is 7.99. The molecule has 2 aromatic heterocycles. The topological polar surface area (TPSA) is 91.2 Å². The molecule has 0 aliphatic heterocycles. The molecule has 0 saturated heterocycles. The van der Waals surface area contributed by atoms with Crippen LogP contribution in [-0.2, 0) is 11.3 Å². The normalized spacial score (nSPS) is 11.6. The lowest BCUT2D eigenvalue weighted by Crippen LogP contribution is -2.16. The third kappa shape index (κ3) is 6.22. The fourth-order valence-corrected chi connectivity index (χ4v) is 3.54. The van der Waals surface area contributed by atoms with Gasteiger partial charge in [-0.05, 0) is 43.3 Å². The fraction of sp³-hybridized carbons (Fsp3) is 0.238. The van der Waals surface area contributed by atoms with Crippen LogP contribution in [0, 0.1) is 0 Å². The maximum absolute atomic E-state index is 12.3. The molecule has 0 aliphatic rings. The molecule has 1 atom stereocenters. The van der Waals surface area contributed by atoms with Crippen LogP contribution < -0.4 is 14.8 Å². The lowest BCUT2D eigenvalue weighted by molar-refractivity contribution is -0.113. The zero-order chi connectivity index (χ0) is 22.2. The number of nitrogens with one attached hydrogen (secondary N) is 1. The smallest absolute Gasteiger partial charge is 0.236 e. The van der Waals surface area contributed by atoms with Gasteiger partial charge in [0.25, 0.3) is 0 Å². The Morgan fingerprint density at radius 3 is 2.65 bits per heavy atom. The van der Waals surface area contributed by atoms with Crippen LogP contribution in [0.3, 0.4) is 0 Å². The maximum Gasteiger partial charge on any atom is 0.236 e. The van der Waals surface area contributed by atoms with Gasteiger partial charge in [-0.1, -0.05) is 29.4 Å². The van der Waals surface area contributed by atoms with Crippen LogP contribution >= 0.6 is 23.4 Å². The van der Waals surface area contributed by atoms with Gasteiger partial charge in [0, 0.05) is 12.7 Å². The number of aromatic nitrogens is 4. The Morgan fingerprint density at radius 2 is 2.00 bits per heavy atom. The zero-order valence-corrected chi connectivity index (χ0v) is 18.7. The molecule has 3 aromatic rings. The number of pyridine rings is 1. The number of halogens is 1. The molecule has 3 rings (SSSR count). The second-order valence-electron chi connectivity index (χ2n) is 6.37. The van der Waals surface area contributed by atoms with Gasteiger partial charge in [-0.2, -0.15) is 0 Å². The number of amides is 1. The third-order valence-corrected chi connectivity index (χ3v) is 5.31. The molecule has 1 N–H and O–H groups in total. The largest absolute Gasteiger partial charge is 0.497 e. The molecule has 1 unspecified atom stereocenters. The van der Waals surface area contributed by atoms with E-state index < -0.39 is 0 Å². The zero-order valence-electron chi connectivity index (χ0n) is 17.1. The summed E-state index contributed by atoms with van der Waals surface area (Å²) in [6, 6.07) is 10.6. The van der Waals surface area contributed by atoms with E-state index in [4.69, 9.17) is 21.1 Å². The maximum atomic E-state index is 12.3. The van der Waals surface area contributed by atoms with Crippen LogP contribution in [0.4, 0.5) is 5.82 Å². The van der Waals surface area contributed by atoms with E-state index in [0.29, 0.717) is 34.1 Å². The second kappa shape index (κ2) is 10.8. The first-order chi connectivity index (χ1) is 15.0. The van der Waals surface area contributed by atoms with Crippen LogP contribution in [0.25, 0.3) is 0 Å². The number of benzene rings is 1.